The van der Waals surface area contributed by atoms with E-state index in [0.717, 1.165) is 12.1 Å². The third-order valence-corrected chi connectivity index (χ3v) is 2.15. The van der Waals surface area contributed by atoms with Gasteiger partial charge in [-0.2, -0.15) is 0 Å². The molecule has 0 unspecified atom stereocenters. The van der Waals surface area contributed by atoms with Crippen LogP contribution in [0.4, 0.5) is 13.2 Å². The molecule has 1 atom stereocenters. The van der Waals surface area contributed by atoms with Gasteiger partial charge in [0.2, 0.25) is 0 Å². The van der Waals surface area contributed by atoms with Gasteiger partial charge in [-0.3, -0.25) is 0 Å². The molecule has 1 rings (SSSR count). The van der Waals surface area contributed by atoms with E-state index in [1.54, 1.807) is 0 Å². The molecule has 0 spiro atoms. The van der Waals surface area contributed by atoms with Gasteiger partial charge in [0.25, 0.3) is 0 Å². The Morgan fingerprint density at radius 2 is 1.67 bits per heavy atom. The lowest BCUT2D eigenvalue weighted by atomic mass is 10.0. The molecule has 1 aromatic rings. The van der Waals surface area contributed by atoms with Gasteiger partial charge in [-0.15, -0.1) is 0 Å². The summed E-state index contributed by atoms with van der Waals surface area (Å²) in [7, 11) is 0. The summed E-state index contributed by atoms with van der Waals surface area (Å²) >= 11 is 0. The van der Waals surface area contributed by atoms with Crippen molar-refractivity contribution in [3.8, 4) is 0 Å². The van der Waals surface area contributed by atoms with Crippen molar-refractivity contribution in [2.45, 2.75) is 18.9 Å². The standard InChI is InChI=1S/C10H13F3N2/c11-7-4-6(5-8(12)10(7)13)9(15)2-1-3-14/h4-5,9H,1-3,14-15H2/t9-/m1/s1. The summed E-state index contributed by atoms with van der Waals surface area (Å²) in [5.74, 6) is -3.90. The first-order valence-electron chi connectivity index (χ1n) is 4.66. The molecule has 0 aliphatic rings. The Morgan fingerprint density at radius 3 is 2.13 bits per heavy atom. The second-order valence-corrected chi connectivity index (χ2v) is 3.34. The molecule has 4 N–H and O–H groups in total. The Hall–Kier alpha value is -1.07. The first kappa shape index (κ1) is 12.0. The molecule has 84 valence electrons. The van der Waals surface area contributed by atoms with E-state index in [1.807, 2.05) is 0 Å². The van der Waals surface area contributed by atoms with Crippen molar-refractivity contribution in [2.75, 3.05) is 6.54 Å². The maximum atomic E-state index is 12.8. The number of nitrogens with two attached hydrogens (primary N) is 2. The number of hydrogen-bond donors (Lipinski definition) is 2. The molecule has 0 fully saturated rings. The molecule has 1 aromatic carbocycles. The average Bonchev–Trinajstić information content (AvgIpc) is 2.21. The van der Waals surface area contributed by atoms with Gasteiger partial charge in [-0.1, -0.05) is 0 Å². The quantitative estimate of drug-likeness (QED) is 0.757. The predicted molar refractivity (Wildman–Crippen MR) is 51.5 cm³/mol. The minimum atomic E-state index is -1.47. The van der Waals surface area contributed by atoms with Gasteiger partial charge in [0.1, 0.15) is 0 Å². The van der Waals surface area contributed by atoms with Crippen LogP contribution in [0.1, 0.15) is 24.4 Å². The third kappa shape index (κ3) is 2.94. The van der Waals surface area contributed by atoms with Gasteiger partial charge >= 0.3 is 0 Å². The molecule has 0 amide bonds. The molecule has 0 aromatic heterocycles. The minimum Gasteiger partial charge on any atom is -0.330 e. The highest BCUT2D eigenvalue weighted by Crippen LogP contribution is 2.20. The molecule has 0 heterocycles. The second-order valence-electron chi connectivity index (χ2n) is 3.34. The maximum Gasteiger partial charge on any atom is 0.194 e. The topological polar surface area (TPSA) is 52.0 Å². The Labute approximate surface area is 86.1 Å². The molecular formula is C10H13F3N2. The van der Waals surface area contributed by atoms with Crippen LogP contribution in [0.5, 0.6) is 0 Å². The van der Waals surface area contributed by atoms with E-state index in [4.69, 9.17) is 11.5 Å². The zero-order valence-corrected chi connectivity index (χ0v) is 8.14. The summed E-state index contributed by atoms with van der Waals surface area (Å²) in [6, 6.07) is 1.32. The summed E-state index contributed by atoms with van der Waals surface area (Å²) in [5, 5.41) is 0. The van der Waals surface area contributed by atoms with Gasteiger partial charge in [-0.05, 0) is 37.1 Å². The lowest BCUT2D eigenvalue weighted by molar-refractivity contribution is 0.442. The van der Waals surface area contributed by atoms with Crippen molar-refractivity contribution >= 4 is 0 Å². The smallest absolute Gasteiger partial charge is 0.194 e. The van der Waals surface area contributed by atoms with E-state index in [9.17, 15) is 13.2 Å². The molecular weight excluding hydrogens is 205 g/mol. The number of benzene rings is 1. The van der Waals surface area contributed by atoms with Gasteiger partial charge in [0.15, 0.2) is 17.5 Å². The summed E-state index contributed by atoms with van der Waals surface area (Å²) in [5.41, 5.74) is 11.2. The molecule has 0 saturated carbocycles. The number of hydrogen-bond acceptors (Lipinski definition) is 2. The van der Waals surface area contributed by atoms with Crippen LogP contribution < -0.4 is 11.5 Å². The lowest BCUT2D eigenvalue weighted by Gasteiger charge is -2.11. The van der Waals surface area contributed by atoms with Gasteiger partial charge in [-0.25, -0.2) is 13.2 Å². The van der Waals surface area contributed by atoms with Crippen LogP contribution in [0.15, 0.2) is 12.1 Å². The molecule has 0 saturated heterocycles. The predicted octanol–water partition coefficient (Wildman–Crippen LogP) is 1.84. The maximum absolute atomic E-state index is 12.8. The molecule has 0 aliphatic heterocycles. The van der Waals surface area contributed by atoms with Crippen LogP contribution in [0.2, 0.25) is 0 Å². The van der Waals surface area contributed by atoms with Crippen LogP contribution in [0.3, 0.4) is 0 Å². The Bertz CT molecular complexity index is 318. The number of halogens is 3. The first-order chi connectivity index (χ1) is 7.06. The van der Waals surface area contributed by atoms with Gasteiger partial charge in [0, 0.05) is 6.04 Å². The fourth-order valence-electron chi connectivity index (χ4n) is 1.29. The zero-order chi connectivity index (χ0) is 11.4. The van der Waals surface area contributed by atoms with E-state index >= 15 is 0 Å². The largest absolute Gasteiger partial charge is 0.330 e. The SMILES string of the molecule is NCCC[C@@H](N)c1cc(F)c(F)c(F)c1. The van der Waals surface area contributed by atoms with Crippen LogP contribution in [-0.4, -0.2) is 6.54 Å². The lowest BCUT2D eigenvalue weighted by Crippen LogP contribution is -2.13. The summed E-state index contributed by atoms with van der Waals surface area (Å²) in [6.07, 6.45) is 1.17. The van der Waals surface area contributed by atoms with Gasteiger partial charge < -0.3 is 11.5 Å². The Balaban J connectivity index is 2.86. The summed E-state index contributed by atoms with van der Waals surface area (Å²) in [4.78, 5) is 0. The van der Waals surface area contributed by atoms with Crippen LogP contribution in [0.25, 0.3) is 0 Å². The highest BCUT2D eigenvalue weighted by Gasteiger charge is 2.14. The van der Waals surface area contributed by atoms with Crippen molar-refractivity contribution in [1.29, 1.82) is 0 Å². The van der Waals surface area contributed by atoms with Crippen molar-refractivity contribution in [2.24, 2.45) is 11.5 Å². The van der Waals surface area contributed by atoms with E-state index in [1.165, 1.54) is 0 Å². The Kier molecular flexibility index (Phi) is 4.11. The van der Waals surface area contributed by atoms with Crippen LogP contribution in [-0.2, 0) is 0 Å². The third-order valence-electron chi connectivity index (χ3n) is 2.15. The van der Waals surface area contributed by atoms with Crippen molar-refractivity contribution in [3.05, 3.63) is 35.1 Å². The fraction of sp³-hybridized carbons (Fsp3) is 0.400. The first-order valence-corrected chi connectivity index (χ1v) is 4.66. The van der Waals surface area contributed by atoms with Crippen molar-refractivity contribution < 1.29 is 13.2 Å². The van der Waals surface area contributed by atoms with E-state index < -0.39 is 23.5 Å². The number of rotatable bonds is 4. The molecule has 5 heteroatoms. The second kappa shape index (κ2) is 5.14. The van der Waals surface area contributed by atoms with E-state index in [-0.39, 0.29) is 5.56 Å². The molecule has 0 radical (unpaired) electrons. The molecule has 0 bridgehead atoms. The molecule has 2 nitrogen and oxygen atoms in total. The van der Waals surface area contributed by atoms with E-state index in [0.29, 0.717) is 19.4 Å². The zero-order valence-electron chi connectivity index (χ0n) is 8.14. The molecule has 15 heavy (non-hydrogen) atoms. The van der Waals surface area contributed by atoms with Crippen molar-refractivity contribution in [1.82, 2.24) is 0 Å². The summed E-state index contributed by atoms with van der Waals surface area (Å²) < 4.78 is 38.3. The highest BCUT2D eigenvalue weighted by molar-refractivity contribution is 5.22. The normalized spacial score (nSPS) is 12.9. The van der Waals surface area contributed by atoms with E-state index in [2.05, 4.69) is 0 Å². The van der Waals surface area contributed by atoms with Crippen LogP contribution in [0, 0.1) is 17.5 Å². The highest BCUT2D eigenvalue weighted by atomic mass is 19.2. The summed E-state index contributed by atoms with van der Waals surface area (Å²) in [6.45, 7) is 0.458. The molecule has 0 aliphatic carbocycles. The average molecular weight is 218 g/mol. The minimum absolute atomic E-state index is 0.250. The Morgan fingerprint density at radius 1 is 1.13 bits per heavy atom. The van der Waals surface area contributed by atoms with Crippen molar-refractivity contribution in [3.63, 3.8) is 0 Å². The fourth-order valence-corrected chi connectivity index (χ4v) is 1.29. The monoisotopic (exact) mass is 218 g/mol. The van der Waals surface area contributed by atoms with Gasteiger partial charge in [0.05, 0.1) is 0 Å². The van der Waals surface area contributed by atoms with Crippen LogP contribution >= 0.6 is 0 Å².